The topological polar surface area (TPSA) is 57.0 Å². The highest BCUT2D eigenvalue weighted by Gasteiger charge is 2.13. The van der Waals surface area contributed by atoms with Crippen LogP contribution in [0.5, 0.6) is 5.88 Å². The molecule has 0 saturated heterocycles. The molecule has 7 heteroatoms. The highest BCUT2D eigenvalue weighted by atomic mass is 35.5. The Labute approximate surface area is 125 Å². The predicted molar refractivity (Wildman–Crippen MR) is 82.1 cm³/mol. The molecule has 0 N–H and O–H groups in total. The Bertz CT molecular complexity index is 615. The zero-order chi connectivity index (χ0) is 14.5. The van der Waals surface area contributed by atoms with Gasteiger partial charge in [0.2, 0.25) is 5.88 Å². The molecule has 110 valence electrons. The van der Waals surface area contributed by atoms with Crippen molar-refractivity contribution in [3.05, 3.63) is 18.0 Å². The first-order valence-corrected chi connectivity index (χ1v) is 8.53. The molecule has 2 aromatic rings. The minimum atomic E-state index is -0.814. The number of imidazole rings is 1. The summed E-state index contributed by atoms with van der Waals surface area (Å²) in [6.07, 6.45) is 0.666. The van der Waals surface area contributed by atoms with Crippen LogP contribution in [0.2, 0.25) is 0 Å². The number of alkyl halides is 1. The number of pyridine rings is 1. The number of aromatic nitrogens is 3. The van der Waals surface area contributed by atoms with E-state index >= 15 is 0 Å². The van der Waals surface area contributed by atoms with Crippen LogP contribution >= 0.6 is 11.6 Å². The first-order chi connectivity index (χ1) is 9.69. The smallest absolute Gasteiger partial charge is 0.215 e. The molecule has 0 radical (unpaired) electrons. The van der Waals surface area contributed by atoms with Crippen molar-refractivity contribution in [2.24, 2.45) is 0 Å². The van der Waals surface area contributed by atoms with Gasteiger partial charge in [-0.1, -0.05) is 6.92 Å². The molecule has 0 aliphatic rings. The van der Waals surface area contributed by atoms with Gasteiger partial charge in [0.25, 0.3) is 0 Å². The molecular weight excluding hydrogens is 298 g/mol. The number of nitrogens with zero attached hydrogens (tertiary/aromatic N) is 3. The second kappa shape index (κ2) is 7.04. The summed E-state index contributed by atoms with van der Waals surface area (Å²) in [5.74, 6) is 3.18. The van der Waals surface area contributed by atoms with Crippen LogP contribution in [-0.4, -0.2) is 43.2 Å². The Morgan fingerprint density at radius 1 is 1.40 bits per heavy atom. The number of rotatable bonds is 7. The maximum Gasteiger partial charge on any atom is 0.215 e. The molecule has 1 unspecified atom stereocenters. The molecule has 0 fully saturated rings. The van der Waals surface area contributed by atoms with Crippen molar-refractivity contribution in [1.29, 1.82) is 0 Å². The van der Waals surface area contributed by atoms with Crippen molar-refractivity contribution in [3.63, 3.8) is 0 Å². The fourth-order valence-electron chi connectivity index (χ4n) is 1.99. The van der Waals surface area contributed by atoms with E-state index in [9.17, 15) is 4.21 Å². The second-order valence-electron chi connectivity index (χ2n) is 4.25. The Hall–Kier alpha value is -1.14. The van der Waals surface area contributed by atoms with Gasteiger partial charge in [0.05, 0.1) is 7.11 Å². The molecule has 0 spiro atoms. The van der Waals surface area contributed by atoms with Gasteiger partial charge in [-0.3, -0.25) is 4.21 Å². The lowest BCUT2D eigenvalue weighted by molar-refractivity contribution is 0.399. The number of methoxy groups -OCH3 is 1. The molecule has 0 bridgehead atoms. The van der Waals surface area contributed by atoms with E-state index in [1.165, 1.54) is 0 Å². The van der Waals surface area contributed by atoms with Crippen LogP contribution in [0.15, 0.2) is 12.1 Å². The van der Waals surface area contributed by atoms with Crippen LogP contribution in [0.4, 0.5) is 0 Å². The van der Waals surface area contributed by atoms with E-state index in [0.717, 1.165) is 17.0 Å². The number of fused-ring (bicyclic) bond motifs is 1. The summed E-state index contributed by atoms with van der Waals surface area (Å²) < 4.78 is 18.8. The van der Waals surface area contributed by atoms with Gasteiger partial charge < -0.3 is 9.30 Å². The minimum Gasteiger partial charge on any atom is -0.481 e. The summed E-state index contributed by atoms with van der Waals surface area (Å²) in [6, 6.07) is 3.67. The van der Waals surface area contributed by atoms with E-state index in [-0.39, 0.29) is 0 Å². The van der Waals surface area contributed by atoms with Crippen LogP contribution < -0.4 is 4.74 Å². The third-order valence-corrected chi connectivity index (χ3v) is 4.51. The lowest BCUT2D eigenvalue weighted by atomic mass is 10.4. The van der Waals surface area contributed by atoms with Crippen LogP contribution in [0.1, 0.15) is 12.7 Å². The minimum absolute atomic E-state index is 0.497. The summed E-state index contributed by atoms with van der Waals surface area (Å²) in [5, 5.41) is 0. The summed E-state index contributed by atoms with van der Waals surface area (Å²) in [7, 11) is 0.770. The van der Waals surface area contributed by atoms with Crippen molar-refractivity contribution in [2.45, 2.75) is 19.9 Å². The number of ether oxygens (including phenoxy) is 1. The number of aryl methyl sites for hydroxylation is 2. The van der Waals surface area contributed by atoms with Gasteiger partial charge in [-0.25, -0.2) is 4.98 Å². The Morgan fingerprint density at radius 3 is 2.85 bits per heavy atom. The molecule has 0 saturated carbocycles. The lowest BCUT2D eigenvalue weighted by Gasteiger charge is -2.07. The van der Waals surface area contributed by atoms with Crippen molar-refractivity contribution in [2.75, 3.05) is 24.5 Å². The van der Waals surface area contributed by atoms with Crippen molar-refractivity contribution in [1.82, 2.24) is 14.5 Å². The molecule has 20 heavy (non-hydrogen) atoms. The van der Waals surface area contributed by atoms with Gasteiger partial charge in [0.1, 0.15) is 11.3 Å². The number of hydrogen-bond donors (Lipinski definition) is 0. The summed E-state index contributed by atoms with van der Waals surface area (Å²) >= 11 is 5.83. The van der Waals surface area contributed by atoms with E-state index in [0.29, 0.717) is 36.2 Å². The molecule has 0 aromatic carbocycles. The van der Waals surface area contributed by atoms with Gasteiger partial charge in [0.15, 0.2) is 5.65 Å². The zero-order valence-electron chi connectivity index (χ0n) is 11.6. The molecule has 5 nitrogen and oxygen atoms in total. The molecule has 2 heterocycles. The molecule has 2 aromatic heterocycles. The zero-order valence-corrected chi connectivity index (χ0v) is 13.2. The fraction of sp³-hybridized carbons (Fsp3) is 0.538. The van der Waals surface area contributed by atoms with E-state index in [2.05, 4.69) is 9.97 Å². The average Bonchev–Trinajstić information content (AvgIpc) is 2.81. The first-order valence-electron chi connectivity index (χ1n) is 6.50. The van der Waals surface area contributed by atoms with E-state index < -0.39 is 10.8 Å². The SMILES string of the molecule is CCS(=O)CCn1c(CCCl)nc2ccc(OC)nc21. The van der Waals surface area contributed by atoms with Crippen molar-refractivity contribution < 1.29 is 8.95 Å². The summed E-state index contributed by atoms with van der Waals surface area (Å²) in [5.41, 5.74) is 1.57. The number of hydrogen-bond acceptors (Lipinski definition) is 4. The maximum absolute atomic E-state index is 11.6. The van der Waals surface area contributed by atoms with Crippen LogP contribution in [0.3, 0.4) is 0 Å². The molecule has 0 amide bonds. The number of halogens is 1. The van der Waals surface area contributed by atoms with Gasteiger partial charge >= 0.3 is 0 Å². The van der Waals surface area contributed by atoms with Gasteiger partial charge in [-0.2, -0.15) is 4.98 Å². The van der Waals surface area contributed by atoms with Crippen LogP contribution in [0.25, 0.3) is 11.2 Å². The largest absolute Gasteiger partial charge is 0.481 e. The van der Waals surface area contributed by atoms with E-state index in [1.807, 2.05) is 17.6 Å². The Balaban J connectivity index is 2.40. The van der Waals surface area contributed by atoms with Crippen molar-refractivity contribution in [3.8, 4) is 5.88 Å². The van der Waals surface area contributed by atoms with Crippen LogP contribution in [0, 0.1) is 0 Å². The summed E-state index contributed by atoms with van der Waals surface area (Å²) in [4.78, 5) is 8.98. The first kappa shape index (κ1) is 15.3. The quantitative estimate of drug-likeness (QED) is 0.733. The normalized spacial score (nSPS) is 12.8. The Kier molecular flexibility index (Phi) is 5.37. The van der Waals surface area contributed by atoms with E-state index in [4.69, 9.17) is 16.3 Å². The van der Waals surface area contributed by atoms with Gasteiger partial charge in [-0.05, 0) is 6.07 Å². The molecule has 2 rings (SSSR count). The molecular formula is C13H18ClN3O2S. The highest BCUT2D eigenvalue weighted by molar-refractivity contribution is 7.84. The average molecular weight is 316 g/mol. The van der Waals surface area contributed by atoms with E-state index in [1.54, 1.807) is 13.2 Å². The van der Waals surface area contributed by atoms with Crippen molar-refractivity contribution >= 4 is 33.6 Å². The van der Waals surface area contributed by atoms with Gasteiger partial charge in [0, 0.05) is 47.2 Å². The Morgan fingerprint density at radius 2 is 2.20 bits per heavy atom. The second-order valence-corrected chi connectivity index (χ2v) is 6.49. The maximum atomic E-state index is 11.6. The highest BCUT2D eigenvalue weighted by Crippen LogP contribution is 2.18. The van der Waals surface area contributed by atoms with Gasteiger partial charge in [-0.15, -0.1) is 11.6 Å². The molecule has 0 aliphatic carbocycles. The van der Waals surface area contributed by atoms with Crippen LogP contribution in [-0.2, 0) is 23.8 Å². The molecule has 0 aliphatic heterocycles. The monoisotopic (exact) mass is 315 g/mol. The third kappa shape index (κ3) is 3.30. The lowest BCUT2D eigenvalue weighted by Crippen LogP contribution is -2.12. The third-order valence-electron chi connectivity index (χ3n) is 3.04. The molecule has 1 atom stereocenters. The standard InChI is InChI=1S/C13H18ClN3O2S/c1-3-20(18)9-8-17-11(6-7-14)15-10-4-5-12(19-2)16-13(10)17/h4-5H,3,6-9H2,1-2H3. The summed E-state index contributed by atoms with van der Waals surface area (Å²) in [6.45, 7) is 2.55. The predicted octanol–water partition coefficient (Wildman–Crippen LogP) is 1.99. The fourth-order valence-corrected chi connectivity index (χ4v) is 2.84.